The maximum absolute atomic E-state index is 12.6. The molecule has 29 heavy (non-hydrogen) atoms. The number of carboxylic acids is 1. The van der Waals surface area contributed by atoms with Crippen LogP contribution in [0.5, 0.6) is 5.75 Å². The zero-order valence-corrected chi connectivity index (χ0v) is 16.9. The van der Waals surface area contributed by atoms with E-state index in [0.717, 1.165) is 18.4 Å². The number of benzene rings is 2. The monoisotopic (exact) mass is 396 g/mol. The van der Waals surface area contributed by atoms with Crippen LogP contribution >= 0.6 is 0 Å². The van der Waals surface area contributed by atoms with Crippen LogP contribution in [-0.4, -0.2) is 47.1 Å². The molecule has 0 saturated heterocycles. The highest BCUT2D eigenvalue weighted by atomic mass is 16.5. The number of hydrogen-bond acceptors (Lipinski definition) is 4. The molecule has 2 aromatic carbocycles. The van der Waals surface area contributed by atoms with Crippen molar-refractivity contribution in [1.29, 1.82) is 0 Å². The number of nitrogens with zero attached hydrogens (tertiary/aromatic N) is 1. The van der Waals surface area contributed by atoms with Crippen LogP contribution in [0.3, 0.4) is 0 Å². The van der Waals surface area contributed by atoms with Crippen LogP contribution in [0.1, 0.15) is 41.3 Å². The van der Waals surface area contributed by atoms with Crippen LogP contribution in [0.2, 0.25) is 0 Å². The molecule has 2 N–H and O–H groups in total. The van der Waals surface area contributed by atoms with Crippen LogP contribution in [-0.2, 0) is 11.4 Å². The molecular formula is C23H28N2O4. The quantitative estimate of drug-likeness (QED) is 0.680. The lowest BCUT2D eigenvalue weighted by Gasteiger charge is -2.42. The number of rotatable bonds is 9. The summed E-state index contributed by atoms with van der Waals surface area (Å²) >= 11 is 0. The van der Waals surface area contributed by atoms with Crippen LogP contribution in [0.4, 0.5) is 0 Å². The standard InChI is InChI=1S/C23H28N2O4/c1-3-25(14-22(26)27)20-12-19(13-20)24-23(28)18-8-5-9-21(11-18)29-15-17-7-4-6-16(2)10-17/h4-11,19-20H,3,12-15H2,1-2H3,(H,24,28)(H,26,27). The topological polar surface area (TPSA) is 78.9 Å². The summed E-state index contributed by atoms with van der Waals surface area (Å²) in [7, 11) is 0. The van der Waals surface area contributed by atoms with Gasteiger partial charge in [0.1, 0.15) is 12.4 Å². The van der Waals surface area contributed by atoms with E-state index in [1.807, 2.05) is 49.1 Å². The van der Waals surface area contributed by atoms with Crippen molar-refractivity contribution in [3.05, 3.63) is 65.2 Å². The van der Waals surface area contributed by atoms with Gasteiger partial charge in [-0.2, -0.15) is 0 Å². The summed E-state index contributed by atoms with van der Waals surface area (Å²) in [5.41, 5.74) is 2.83. The third-order valence-electron chi connectivity index (χ3n) is 5.29. The number of aliphatic carboxylic acids is 1. The average molecular weight is 396 g/mol. The van der Waals surface area contributed by atoms with Gasteiger partial charge in [0.15, 0.2) is 0 Å². The first-order valence-corrected chi connectivity index (χ1v) is 9.99. The minimum atomic E-state index is -0.818. The Hall–Kier alpha value is -2.86. The van der Waals surface area contributed by atoms with E-state index in [1.165, 1.54) is 5.56 Å². The van der Waals surface area contributed by atoms with Crippen molar-refractivity contribution in [3.63, 3.8) is 0 Å². The number of carbonyl (C=O) groups is 2. The van der Waals surface area contributed by atoms with Crippen molar-refractivity contribution in [2.75, 3.05) is 13.1 Å². The number of nitrogens with one attached hydrogen (secondary N) is 1. The van der Waals surface area contributed by atoms with Gasteiger partial charge in [-0.05, 0) is 50.1 Å². The molecule has 1 fully saturated rings. The van der Waals surface area contributed by atoms with Crippen LogP contribution < -0.4 is 10.1 Å². The van der Waals surface area contributed by atoms with E-state index in [1.54, 1.807) is 12.1 Å². The minimum Gasteiger partial charge on any atom is -0.489 e. The predicted octanol–water partition coefficient (Wildman–Crippen LogP) is 3.24. The maximum atomic E-state index is 12.6. The Kier molecular flexibility index (Phi) is 6.88. The van der Waals surface area contributed by atoms with Crippen molar-refractivity contribution in [1.82, 2.24) is 10.2 Å². The van der Waals surface area contributed by atoms with E-state index < -0.39 is 5.97 Å². The molecule has 0 bridgehead atoms. The molecule has 2 aromatic rings. The molecule has 0 atom stereocenters. The van der Waals surface area contributed by atoms with Gasteiger partial charge in [-0.25, -0.2) is 0 Å². The van der Waals surface area contributed by atoms with Gasteiger partial charge >= 0.3 is 5.97 Å². The largest absolute Gasteiger partial charge is 0.489 e. The fourth-order valence-electron chi connectivity index (χ4n) is 3.64. The average Bonchev–Trinajstić information content (AvgIpc) is 2.67. The molecule has 6 nitrogen and oxygen atoms in total. The molecule has 6 heteroatoms. The third kappa shape index (κ3) is 5.81. The number of likely N-dealkylation sites (N-methyl/N-ethyl adjacent to an activating group) is 1. The molecule has 1 amide bonds. The van der Waals surface area contributed by atoms with Gasteiger partial charge in [0, 0.05) is 17.6 Å². The minimum absolute atomic E-state index is 0.0438. The lowest BCUT2D eigenvalue weighted by Crippen LogP contribution is -2.54. The first-order valence-electron chi connectivity index (χ1n) is 9.99. The summed E-state index contributed by atoms with van der Waals surface area (Å²) in [6.07, 6.45) is 1.55. The number of amides is 1. The van der Waals surface area contributed by atoms with Gasteiger partial charge in [-0.3, -0.25) is 14.5 Å². The van der Waals surface area contributed by atoms with Gasteiger partial charge in [0.2, 0.25) is 0 Å². The Morgan fingerprint density at radius 3 is 2.62 bits per heavy atom. The van der Waals surface area contributed by atoms with Gasteiger partial charge in [0.05, 0.1) is 6.54 Å². The molecule has 154 valence electrons. The summed E-state index contributed by atoms with van der Waals surface area (Å²) in [6, 6.07) is 15.6. The summed E-state index contributed by atoms with van der Waals surface area (Å²) in [4.78, 5) is 25.4. The second kappa shape index (κ2) is 9.56. The molecule has 0 aliphatic heterocycles. The highest BCUT2D eigenvalue weighted by Crippen LogP contribution is 2.26. The second-order valence-electron chi connectivity index (χ2n) is 7.56. The highest BCUT2D eigenvalue weighted by molar-refractivity contribution is 5.94. The fraction of sp³-hybridized carbons (Fsp3) is 0.391. The number of hydrogen-bond donors (Lipinski definition) is 2. The molecule has 0 radical (unpaired) electrons. The van der Waals surface area contributed by atoms with Gasteiger partial charge in [-0.15, -0.1) is 0 Å². The Bertz CT molecular complexity index is 861. The van der Waals surface area contributed by atoms with Crippen molar-refractivity contribution < 1.29 is 19.4 Å². The Morgan fingerprint density at radius 2 is 1.93 bits per heavy atom. The Balaban J connectivity index is 1.50. The molecule has 0 aromatic heterocycles. The Labute approximate surface area is 171 Å². The smallest absolute Gasteiger partial charge is 0.317 e. The van der Waals surface area contributed by atoms with Crippen molar-refractivity contribution in [2.24, 2.45) is 0 Å². The van der Waals surface area contributed by atoms with E-state index in [4.69, 9.17) is 9.84 Å². The van der Waals surface area contributed by atoms with Crippen molar-refractivity contribution in [3.8, 4) is 5.75 Å². The van der Waals surface area contributed by atoms with Crippen molar-refractivity contribution >= 4 is 11.9 Å². The third-order valence-corrected chi connectivity index (χ3v) is 5.29. The van der Waals surface area contributed by atoms with E-state index >= 15 is 0 Å². The Morgan fingerprint density at radius 1 is 1.17 bits per heavy atom. The lowest BCUT2D eigenvalue weighted by atomic mass is 9.85. The molecule has 3 rings (SSSR count). The molecule has 1 aliphatic rings. The van der Waals surface area contributed by atoms with Gasteiger partial charge in [0.25, 0.3) is 5.91 Å². The second-order valence-corrected chi connectivity index (χ2v) is 7.56. The highest BCUT2D eigenvalue weighted by Gasteiger charge is 2.34. The van der Waals surface area contributed by atoms with E-state index in [2.05, 4.69) is 11.4 Å². The molecule has 1 saturated carbocycles. The van der Waals surface area contributed by atoms with Crippen LogP contribution in [0, 0.1) is 6.92 Å². The first-order chi connectivity index (χ1) is 13.9. The number of aryl methyl sites for hydroxylation is 1. The normalized spacial score (nSPS) is 18.2. The zero-order valence-electron chi connectivity index (χ0n) is 16.9. The number of ether oxygens (including phenoxy) is 1. The molecule has 1 aliphatic carbocycles. The SMILES string of the molecule is CCN(CC(=O)O)C1CC(NC(=O)c2cccc(OCc3cccc(C)c3)c2)C1. The van der Waals surface area contributed by atoms with Crippen LogP contribution in [0.15, 0.2) is 48.5 Å². The van der Waals surface area contributed by atoms with Gasteiger partial charge in [-0.1, -0.05) is 42.8 Å². The van der Waals surface area contributed by atoms with Crippen molar-refractivity contribution in [2.45, 2.75) is 45.4 Å². The summed E-state index contributed by atoms with van der Waals surface area (Å²) in [5.74, 6) is -0.290. The number of carboxylic acid groups (broad SMARTS) is 1. The summed E-state index contributed by atoms with van der Waals surface area (Å²) in [6.45, 7) is 5.19. The molecule has 0 heterocycles. The fourth-order valence-corrected chi connectivity index (χ4v) is 3.64. The van der Waals surface area contributed by atoms with Gasteiger partial charge < -0.3 is 15.2 Å². The molecule has 0 spiro atoms. The van der Waals surface area contributed by atoms with E-state index in [-0.39, 0.29) is 24.5 Å². The first kappa shape index (κ1) is 20.9. The lowest BCUT2D eigenvalue weighted by molar-refractivity contribution is -0.139. The zero-order chi connectivity index (χ0) is 20.8. The maximum Gasteiger partial charge on any atom is 0.317 e. The molecular weight excluding hydrogens is 368 g/mol. The number of carbonyl (C=O) groups excluding carboxylic acids is 1. The van der Waals surface area contributed by atoms with E-state index in [0.29, 0.717) is 24.5 Å². The molecule has 0 unspecified atom stereocenters. The predicted molar refractivity (Wildman–Crippen MR) is 111 cm³/mol. The van der Waals surface area contributed by atoms with E-state index in [9.17, 15) is 9.59 Å². The summed E-state index contributed by atoms with van der Waals surface area (Å²) in [5, 5.41) is 12.0. The summed E-state index contributed by atoms with van der Waals surface area (Å²) < 4.78 is 5.84. The van der Waals surface area contributed by atoms with Crippen LogP contribution in [0.25, 0.3) is 0 Å².